The zero-order valence-corrected chi connectivity index (χ0v) is 10.8. The van der Waals surface area contributed by atoms with Crippen LogP contribution in [0.25, 0.3) is 0 Å². The molecule has 0 bridgehead atoms. The van der Waals surface area contributed by atoms with Crippen LogP contribution in [0.2, 0.25) is 0 Å². The lowest BCUT2D eigenvalue weighted by Gasteiger charge is -2.16. The van der Waals surface area contributed by atoms with Crippen LogP contribution in [0.4, 0.5) is 5.69 Å². The molecular formula is C14H20N2O2. The fourth-order valence-corrected chi connectivity index (χ4v) is 2.19. The van der Waals surface area contributed by atoms with Crippen molar-refractivity contribution in [2.45, 2.75) is 45.2 Å². The maximum absolute atomic E-state index is 10.7. The summed E-state index contributed by atoms with van der Waals surface area (Å²) in [5, 5.41) is 14.2. The summed E-state index contributed by atoms with van der Waals surface area (Å²) in [5.74, 6) is 0.910. The van der Waals surface area contributed by atoms with Crippen LogP contribution in [-0.4, -0.2) is 11.0 Å². The lowest BCUT2D eigenvalue weighted by Crippen LogP contribution is -2.28. The first kappa shape index (κ1) is 13.0. The van der Waals surface area contributed by atoms with E-state index in [2.05, 4.69) is 12.2 Å². The predicted octanol–water partition coefficient (Wildman–Crippen LogP) is 3.26. The average molecular weight is 248 g/mol. The fourth-order valence-electron chi connectivity index (χ4n) is 2.19. The Bertz CT molecular complexity index is 416. The molecule has 1 atom stereocenters. The number of non-ortho nitro benzene ring substituents is 1. The van der Waals surface area contributed by atoms with Crippen LogP contribution >= 0.6 is 0 Å². The molecule has 2 rings (SSSR count). The van der Waals surface area contributed by atoms with Crippen molar-refractivity contribution in [1.82, 2.24) is 5.32 Å². The summed E-state index contributed by atoms with van der Waals surface area (Å²) in [6.07, 6.45) is 5.10. The second kappa shape index (κ2) is 5.96. The van der Waals surface area contributed by atoms with E-state index in [-0.39, 0.29) is 10.6 Å². The molecule has 98 valence electrons. The van der Waals surface area contributed by atoms with Gasteiger partial charge in [0.15, 0.2) is 0 Å². The molecule has 4 nitrogen and oxygen atoms in total. The number of nitrogens with zero attached hydrogens (tertiary/aromatic N) is 1. The Morgan fingerprint density at radius 2 is 2.28 bits per heavy atom. The highest BCUT2D eigenvalue weighted by Gasteiger charge is 2.24. The van der Waals surface area contributed by atoms with E-state index in [1.54, 1.807) is 12.1 Å². The molecule has 1 saturated carbocycles. The smallest absolute Gasteiger partial charge is 0.269 e. The first-order valence-corrected chi connectivity index (χ1v) is 6.65. The highest BCUT2D eigenvalue weighted by Crippen LogP contribution is 2.34. The standard InChI is InChI=1S/C14H20N2O2/c1-2-13(8-11-6-7-11)15-10-12-4-3-5-14(9-12)16(17)18/h3-5,9,11,13,15H,2,6-8,10H2,1H3. The summed E-state index contributed by atoms with van der Waals surface area (Å²) in [4.78, 5) is 10.3. The third-order valence-electron chi connectivity index (χ3n) is 3.52. The van der Waals surface area contributed by atoms with Crippen molar-refractivity contribution >= 4 is 5.69 Å². The Hall–Kier alpha value is -1.42. The van der Waals surface area contributed by atoms with Crippen LogP contribution < -0.4 is 5.32 Å². The average Bonchev–Trinajstić information content (AvgIpc) is 3.18. The van der Waals surface area contributed by atoms with E-state index in [9.17, 15) is 10.1 Å². The van der Waals surface area contributed by atoms with E-state index in [1.165, 1.54) is 25.3 Å². The Morgan fingerprint density at radius 1 is 1.50 bits per heavy atom. The summed E-state index contributed by atoms with van der Waals surface area (Å²) in [5.41, 5.74) is 1.16. The highest BCUT2D eigenvalue weighted by atomic mass is 16.6. The monoisotopic (exact) mass is 248 g/mol. The fraction of sp³-hybridized carbons (Fsp3) is 0.571. The van der Waals surface area contributed by atoms with E-state index in [4.69, 9.17) is 0 Å². The van der Waals surface area contributed by atoms with E-state index in [0.717, 1.165) is 17.9 Å². The number of nitro groups is 1. The van der Waals surface area contributed by atoms with Crippen molar-refractivity contribution in [3.8, 4) is 0 Å². The van der Waals surface area contributed by atoms with Crippen LogP contribution in [0, 0.1) is 16.0 Å². The number of benzene rings is 1. The molecule has 0 saturated heterocycles. The van der Waals surface area contributed by atoms with Gasteiger partial charge in [-0.25, -0.2) is 0 Å². The van der Waals surface area contributed by atoms with Crippen molar-refractivity contribution in [2.75, 3.05) is 0 Å². The van der Waals surface area contributed by atoms with Gasteiger partial charge in [-0.05, 0) is 24.3 Å². The second-order valence-electron chi connectivity index (χ2n) is 5.09. The number of nitro benzene ring substituents is 1. The first-order valence-electron chi connectivity index (χ1n) is 6.65. The number of hydrogen-bond donors (Lipinski definition) is 1. The summed E-state index contributed by atoms with van der Waals surface area (Å²) in [6.45, 7) is 2.90. The first-order chi connectivity index (χ1) is 8.69. The van der Waals surface area contributed by atoms with Crippen molar-refractivity contribution < 1.29 is 4.92 Å². The minimum Gasteiger partial charge on any atom is -0.310 e. The van der Waals surface area contributed by atoms with Gasteiger partial charge in [0.1, 0.15) is 0 Å². The molecule has 0 amide bonds. The van der Waals surface area contributed by atoms with Gasteiger partial charge in [0.2, 0.25) is 0 Å². The quantitative estimate of drug-likeness (QED) is 0.595. The maximum atomic E-state index is 10.7. The maximum Gasteiger partial charge on any atom is 0.269 e. The molecule has 1 aliphatic carbocycles. The van der Waals surface area contributed by atoms with Gasteiger partial charge in [-0.1, -0.05) is 31.9 Å². The van der Waals surface area contributed by atoms with Gasteiger partial charge < -0.3 is 5.32 Å². The van der Waals surface area contributed by atoms with Crippen molar-refractivity contribution in [3.05, 3.63) is 39.9 Å². The van der Waals surface area contributed by atoms with Gasteiger partial charge in [0.25, 0.3) is 5.69 Å². The minimum atomic E-state index is -0.342. The van der Waals surface area contributed by atoms with Gasteiger partial charge in [-0.15, -0.1) is 0 Å². The summed E-state index contributed by atoms with van der Waals surface area (Å²) in [7, 11) is 0. The van der Waals surface area contributed by atoms with Gasteiger partial charge in [-0.3, -0.25) is 10.1 Å². The van der Waals surface area contributed by atoms with Gasteiger partial charge in [0.05, 0.1) is 4.92 Å². The zero-order chi connectivity index (χ0) is 13.0. The lowest BCUT2D eigenvalue weighted by atomic mass is 10.1. The number of nitrogens with one attached hydrogen (secondary N) is 1. The molecular weight excluding hydrogens is 228 g/mol. The molecule has 0 spiro atoms. The molecule has 1 aromatic rings. The lowest BCUT2D eigenvalue weighted by molar-refractivity contribution is -0.384. The molecule has 1 aliphatic rings. The Labute approximate surface area is 108 Å². The highest BCUT2D eigenvalue weighted by molar-refractivity contribution is 5.34. The van der Waals surface area contributed by atoms with E-state index in [0.29, 0.717) is 12.6 Å². The van der Waals surface area contributed by atoms with Crippen LogP contribution in [0.5, 0.6) is 0 Å². The Kier molecular flexibility index (Phi) is 4.31. The third-order valence-corrected chi connectivity index (χ3v) is 3.52. The van der Waals surface area contributed by atoms with Gasteiger partial charge in [-0.2, -0.15) is 0 Å². The normalized spacial score (nSPS) is 16.5. The summed E-state index contributed by atoms with van der Waals surface area (Å²) < 4.78 is 0. The minimum absolute atomic E-state index is 0.171. The van der Waals surface area contributed by atoms with Crippen LogP contribution in [0.1, 0.15) is 38.2 Å². The summed E-state index contributed by atoms with van der Waals surface area (Å²) >= 11 is 0. The molecule has 0 heterocycles. The molecule has 0 aromatic heterocycles. The predicted molar refractivity (Wildman–Crippen MR) is 71.4 cm³/mol. The third kappa shape index (κ3) is 3.81. The van der Waals surface area contributed by atoms with Gasteiger partial charge in [0, 0.05) is 24.7 Å². The van der Waals surface area contributed by atoms with Gasteiger partial charge >= 0.3 is 0 Å². The topological polar surface area (TPSA) is 55.2 Å². The Morgan fingerprint density at radius 3 is 2.89 bits per heavy atom. The molecule has 18 heavy (non-hydrogen) atoms. The number of rotatable bonds is 7. The molecule has 1 N–H and O–H groups in total. The van der Waals surface area contributed by atoms with Crippen LogP contribution in [0.15, 0.2) is 24.3 Å². The molecule has 1 unspecified atom stereocenters. The molecule has 1 aromatic carbocycles. The molecule has 0 aliphatic heterocycles. The largest absolute Gasteiger partial charge is 0.310 e. The van der Waals surface area contributed by atoms with Crippen LogP contribution in [0.3, 0.4) is 0 Å². The Balaban J connectivity index is 1.87. The molecule has 1 fully saturated rings. The van der Waals surface area contributed by atoms with Crippen LogP contribution in [-0.2, 0) is 6.54 Å². The second-order valence-corrected chi connectivity index (χ2v) is 5.09. The van der Waals surface area contributed by atoms with E-state index < -0.39 is 0 Å². The molecule has 0 radical (unpaired) electrons. The van der Waals surface area contributed by atoms with E-state index in [1.807, 2.05) is 6.07 Å². The molecule has 4 heteroatoms. The van der Waals surface area contributed by atoms with Crippen molar-refractivity contribution in [3.63, 3.8) is 0 Å². The summed E-state index contributed by atoms with van der Waals surface area (Å²) in [6, 6.07) is 7.40. The van der Waals surface area contributed by atoms with Crippen molar-refractivity contribution in [2.24, 2.45) is 5.92 Å². The SMILES string of the molecule is CCC(CC1CC1)NCc1cccc([N+](=O)[O-])c1. The van der Waals surface area contributed by atoms with Crippen molar-refractivity contribution in [1.29, 1.82) is 0 Å². The number of hydrogen-bond acceptors (Lipinski definition) is 3. The zero-order valence-electron chi connectivity index (χ0n) is 10.8. The van der Waals surface area contributed by atoms with E-state index >= 15 is 0 Å².